The summed E-state index contributed by atoms with van der Waals surface area (Å²) in [5, 5.41) is 2.96. The van der Waals surface area contributed by atoms with Crippen LogP contribution in [0.25, 0.3) is 6.08 Å². The molecule has 0 spiro atoms. The van der Waals surface area contributed by atoms with E-state index in [1.165, 1.54) is 35.1 Å². The van der Waals surface area contributed by atoms with Crippen molar-refractivity contribution in [3.63, 3.8) is 0 Å². The molecule has 3 aliphatic rings. The lowest BCUT2D eigenvalue weighted by molar-refractivity contribution is -0.136. The minimum Gasteiger partial charge on any atom is -0.348 e. The first kappa shape index (κ1) is 14.3. The molecule has 2 unspecified atom stereocenters. The van der Waals surface area contributed by atoms with Gasteiger partial charge in [-0.2, -0.15) is 0 Å². The van der Waals surface area contributed by atoms with Gasteiger partial charge in [0.05, 0.1) is 12.0 Å². The highest BCUT2D eigenvalue weighted by atomic mass is 16.2. The van der Waals surface area contributed by atoms with Gasteiger partial charge in [-0.05, 0) is 47.9 Å². The van der Waals surface area contributed by atoms with Crippen LogP contribution < -0.4 is 5.32 Å². The van der Waals surface area contributed by atoms with Gasteiger partial charge in [0, 0.05) is 0 Å². The van der Waals surface area contributed by atoms with Crippen LogP contribution in [0.2, 0.25) is 0 Å². The Morgan fingerprint density at radius 2 is 1.70 bits per heavy atom. The molecule has 1 aliphatic heterocycles. The highest BCUT2D eigenvalue weighted by molar-refractivity contribution is 5.87. The van der Waals surface area contributed by atoms with Crippen LogP contribution in [-0.2, 0) is 17.6 Å². The van der Waals surface area contributed by atoms with Crippen molar-refractivity contribution in [2.24, 2.45) is 5.92 Å². The third-order valence-electron chi connectivity index (χ3n) is 5.08. The van der Waals surface area contributed by atoms with Crippen molar-refractivity contribution in [3.05, 3.63) is 76.9 Å². The fraction of sp³-hybridized carbons (Fsp3) is 0.286. The highest BCUT2D eigenvalue weighted by Gasteiger charge is 2.42. The van der Waals surface area contributed by atoms with E-state index in [1.807, 2.05) is 6.07 Å². The van der Waals surface area contributed by atoms with Gasteiger partial charge in [-0.1, -0.05) is 60.7 Å². The zero-order chi connectivity index (χ0) is 15.6. The first-order chi connectivity index (χ1) is 11.3. The molecule has 2 heteroatoms. The fourth-order valence-corrected chi connectivity index (χ4v) is 3.76. The zero-order valence-corrected chi connectivity index (χ0v) is 13.2. The summed E-state index contributed by atoms with van der Waals surface area (Å²) < 4.78 is 0. The Labute approximate surface area is 137 Å². The van der Waals surface area contributed by atoms with E-state index < -0.39 is 0 Å². The number of nitrogens with one attached hydrogen (secondary N) is 1. The van der Waals surface area contributed by atoms with E-state index in [-0.39, 0.29) is 11.8 Å². The van der Waals surface area contributed by atoms with Crippen LogP contribution in [0.15, 0.2) is 54.6 Å². The van der Waals surface area contributed by atoms with Gasteiger partial charge in [-0.3, -0.25) is 4.79 Å². The van der Waals surface area contributed by atoms with E-state index in [0.29, 0.717) is 6.04 Å². The van der Waals surface area contributed by atoms with Crippen molar-refractivity contribution in [2.75, 3.05) is 0 Å². The quantitative estimate of drug-likeness (QED) is 0.730. The maximum atomic E-state index is 11.2. The lowest BCUT2D eigenvalue weighted by atomic mass is 9.74. The van der Waals surface area contributed by atoms with Gasteiger partial charge in [0.25, 0.3) is 0 Å². The van der Waals surface area contributed by atoms with E-state index in [1.54, 1.807) is 0 Å². The third kappa shape index (κ3) is 2.70. The SMILES string of the molecule is C1=Cc2ccccc2CC1.O=C1NC2c3ccccc3CCC12. The molecule has 0 aromatic heterocycles. The van der Waals surface area contributed by atoms with Crippen LogP contribution in [0.5, 0.6) is 0 Å². The molecule has 1 fully saturated rings. The predicted molar refractivity (Wildman–Crippen MR) is 92.9 cm³/mol. The predicted octanol–water partition coefficient (Wildman–Crippen LogP) is 4.07. The number of fused-ring (bicyclic) bond motifs is 4. The van der Waals surface area contributed by atoms with Crippen LogP contribution in [0.1, 0.15) is 41.1 Å². The van der Waals surface area contributed by atoms with Crippen LogP contribution in [-0.4, -0.2) is 5.91 Å². The summed E-state index contributed by atoms with van der Waals surface area (Å²) >= 11 is 0. The smallest absolute Gasteiger partial charge is 0.226 e. The molecular formula is C21H21NO. The molecule has 23 heavy (non-hydrogen) atoms. The van der Waals surface area contributed by atoms with Crippen molar-refractivity contribution in [1.29, 1.82) is 0 Å². The second kappa shape index (κ2) is 6.04. The minimum atomic E-state index is 0.236. The number of carbonyl (C=O) groups is 1. The van der Waals surface area contributed by atoms with Crippen molar-refractivity contribution in [1.82, 2.24) is 5.32 Å². The Kier molecular flexibility index (Phi) is 3.74. The number of hydrogen-bond donors (Lipinski definition) is 1. The molecule has 0 saturated carbocycles. The average molecular weight is 303 g/mol. The molecule has 1 saturated heterocycles. The fourth-order valence-electron chi connectivity index (χ4n) is 3.76. The number of carbonyl (C=O) groups excluding carboxylic acids is 1. The van der Waals surface area contributed by atoms with Gasteiger partial charge in [0.15, 0.2) is 0 Å². The molecular weight excluding hydrogens is 282 g/mol. The van der Waals surface area contributed by atoms with Crippen LogP contribution in [0.4, 0.5) is 0 Å². The summed E-state index contributed by atoms with van der Waals surface area (Å²) in [4.78, 5) is 11.2. The number of β-lactam (4-membered cyclic amide) rings is 1. The molecule has 2 aromatic rings. The largest absolute Gasteiger partial charge is 0.348 e. The molecule has 1 N–H and O–H groups in total. The molecule has 5 rings (SSSR count). The third-order valence-corrected chi connectivity index (χ3v) is 5.08. The van der Waals surface area contributed by atoms with Gasteiger partial charge in [-0.15, -0.1) is 0 Å². The Balaban J connectivity index is 0.000000122. The summed E-state index contributed by atoms with van der Waals surface area (Å²) in [7, 11) is 0. The monoisotopic (exact) mass is 303 g/mol. The maximum absolute atomic E-state index is 11.2. The number of benzene rings is 2. The van der Waals surface area contributed by atoms with Gasteiger partial charge in [0.2, 0.25) is 5.91 Å². The lowest BCUT2D eigenvalue weighted by Gasteiger charge is -2.41. The van der Waals surface area contributed by atoms with E-state index in [0.717, 1.165) is 12.8 Å². The second-order valence-corrected chi connectivity index (χ2v) is 6.47. The Morgan fingerprint density at radius 1 is 0.913 bits per heavy atom. The number of hydrogen-bond acceptors (Lipinski definition) is 1. The number of amides is 1. The van der Waals surface area contributed by atoms with E-state index >= 15 is 0 Å². The van der Waals surface area contributed by atoms with Crippen molar-refractivity contribution < 1.29 is 4.79 Å². The summed E-state index contributed by atoms with van der Waals surface area (Å²) in [6, 6.07) is 17.3. The molecule has 2 aliphatic carbocycles. The lowest BCUT2D eigenvalue weighted by Crippen LogP contribution is -2.53. The molecule has 116 valence electrons. The van der Waals surface area contributed by atoms with Gasteiger partial charge in [0.1, 0.15) is 0 Å². The Bertz CT molecular complexity index is 762. The Morgan fingerprint density at radius 3 is 2.52 bits per heavy atom. The van der Waals surface area contributed by atoms with E-state index in [9.17, 15) is 4.79 Å². The molecule has 2 nitrogen and oxygen atoms in total. The van der Waals surface area contributed by atoms with Crippen molar-refractivity contribution in [2.45, 2.75) is 31.7 Å². The topological polar surface area (TPSA) is 29.1 Å². The van der Waals surface area contributed by atoms with Gasteiger partial charge in [-0.25, -0.2) is 0 Å². The number of rotatable bonds is 0. The molecule has 2 atom stereocenters. The summed E-state index contributed by atoms with van der Waals surface area (Å²) in [5.41, 5.74) is 5.63. The molecule has 1 amide bonds. The van der Waals surface area contributed by atoms with Crippen LogP contribution >= 0.6 is 0 Å². The summed E-state index contributed by atoms with van der Waals surface area (Å²) in [5.74, 6) is 0.495. The first-order valence-electron chi connectivity index (χ1n) is 8.45. The molecule has 0 radical (unpaired) electrons. The number of aryl methyl sites for hydroxylation is 2. The van der Waals surface area contributed by atoms with Gasteiger partial charge < -0.3 is 5.32 Å². The maximum Gasteiger partial charge on any atom is 0.226 e. The molecule has 2 aromatic carbocycles. The van der Waals surface area contributed by atoms with Crippen LogP contribution in [0.3, 0.4) is 0 Å². The average Bonchev–Trinajstić information content (AvgIpc) is 2.61. The van der Waals surface area contributed by atoms with Gasteiger partial charge >= 0.3 is 0 Å². The normalized spacial score (nSPS) is 23.2. The summed E-state index contributed by atoms with van der Waals surface area (Å²) in [6.45, 7) is 0. The van der Waals surface area contributed by atoms with E-state index in [4.69, 9.17) is 0 Å². The molecule has 0 bridgehead atoms. The highest BCUT2D eigenvalue weighted by Crippen LogP contribution is 2.39. The summed E-state index contributed by atoms with van der Waals surface area (Å²) in [6.07, 6.45) is 8.95. The number of allylic oxidation sites excluding steroid dienone is 1. The zero-order valence-electron chi connectivity index (χ0n) is 13.2. The van der Waals surface area contributed by atoms with Crippen LogP contribution in [0, 0.1) is 5.92 Å². The van der Waals surface area contributed by atoms with E-state index in [2.05, 4.69) is 59.9 Å². The molecule has 1 heterocycles. The first-order valence-corrected chi connectivity index (χ1v) is 8.45. The standard InChI is InChI=1S/C11H11NO.C10H10/c13-11-9-6-5-7-3-1-2-4-8(7)10(9)12-11;1-2-6-10-8-4-3-7-9(10)5-1/h1-4,9-10H,5-6H2,(H,12,13);1-3,5-7H,4,8H2. The Hall–Kier alpha value is -2.35. The second-order valence-electron chi connectivity index (χ2n) is 6.47. The van der Waals surface area contributed by atoms with Crippen molar-refractivity contribution in [3.8, 4) is 0 Å². The van der Waals surface area contributed by atoms with Crippen molar-refractivity contribution >= 4 is 12.0 Å². The minimum absolute atomic E-state index is 0.236.